The van der Waals surface area contributed by atoms with Crippen LogP contribution in [0, 0.1) is 0 Å². The van der Waals surface area contributed by atoms with Crippen LogP contribution in [0.1, 0.15) is 0 Å². The summed E-state index contributed by atoms with van der Waals surface area (Å²) in [5, 5.41) is 0. The highest BCUT2D eigenvalue weighted by molar-refractivity contribution is 9.10. The quantitative estimate of drug-likeness (QED) is 0.790. The van der Waals surface area contributed by atoms with E-state index in [1.807, 2.05) is 0 Å². The van der Waals surface area contributed by atoms with Gasteiger partial charge in [-0.05, 0) is 46.3 Å². The van der Waals surface area contributed by atoms with Crippen LogP contribution in [0.4, 0.5) is 13.2 Å². The number of rotatable bonds is 2. The Hall–Kier alpha value is -1.63. The molecule has 3 nitrogen and oxygen atoms in total. The summed E-state index contributed by atoms with van der Waals surface area (Å²) >= 11 is 3.19. The molecule has 18 heavy (non-hydrogen) atoms. The predicted molar refractivity (Wildman–Crippen MR) is 61.9 cm³/mol. The van der Waals surface area contributed by atoms with Crippen molar-refractivity contribution in [1.29, 1.82) is 0 Å². The predicted octanol–water partition coefficient (Wildman–Crippen LogP) is 3.80. The molecule has 0 saturated heterocycles. The van der Waals surface area contributed by atoms with E-state index in [9.17, 15) is 13.2 Å². The number of alkyl halides is 3. The summed E-state index contributed by atoms with van der Waals surface area (Å²) in [6.07, 6.45) is -3.14. The zero-order valence-corrected chi connectivity index (χ0v) is 10.4. The van der Waals surface area contributed by atoms with Gasteiger partial charge in [-0.2, -0.15) is 0 Å². The van der Waals surface area contributed by atoms with Gasteiger partial charge in [0.15, 0.2) is 5.82 Å². The average Bonchev–Trinajstić information content (AvgIpc) is 2.28. The number of hydrogen-bond donors (Lipinski definition) is 0. The standard InChI is InChI=1S/C11H6BrF3N2O/c12-9-5-6-16-10(17-9)7-1-3-8(4-2-7)18-11(13,14)15/h1-6H. The topological polar surface area (TPSA) is 35.0 Å². The summed E-state index contributed by atoms with van der Waals surface area (Å²) in [6.45, 7) is 0. The summed E-state index contributed by atoms with van der Waals surface area (Å²) in [4.78, 5) is 8.10. The van der Waals surface area contributed by atoms with E-state index in [0.717, 1.165) is 0 Å². The summed E-state index contributed by atoms with van der Waals surface area (Å²) in [5.74, 6) is 0.143. The van der Waals surface area contributed by atoms with Crippen molar-refractivity contribution in [3.63, 3.8) is 0 Å². The van der Waals surface area contributed by atoms with Crippen LogP contribution in [0.2, 0.25) is 0 Å². The van der Waals surface area contributed by atoms with Crippen molar-refractivity contribution in [3.05, 3.63) is 41.1 Å². The lowest BCUT2D eigenvalue weighted by Gasteiger charge is -2.08. The van der Waals surface area contributed by atoms with Gasteiger partial charge in [-0.1, -0.05) is 0 Å². The first-order chi connectivity index (χ1) is 8.44. The van der Waals surface area contributed by atoms with E-state index < -0.39 is 6.36 Å². The minimum Gasteiger partial charge on any atom is -0.406 e. The van der Waals surface area contributed by atoms with Gasteiger partial charge >= 0.3 is 6.36 Å². The second-order valence-corrected chi connectivity index (χ2v) is 4.09. The van der Waals surface area contributed by atoms with Crippen LogP contribution in [0.5, 0.6) is 5.75 Å². The number of halogens is 4. The molecule has 0 N–H and O–H groups in total. The molecule has 1 aromatic heterocycles. The molecule has 0 spiro atoms. The Labute approximate surface area is 109 Å². The van der Waals surface area contributed by atoms with E-state index in [4.69, 9.17) is 0 Å². The zero-order valence-electron chi connectivity index (χ0n) is 8.78. The first kappa shape index (κ1) is 12.8. The minimum atomic E-state index is -4.69. The Bertz CT molecular complexity index is 543. The zero-order chi connectivity index (χ0) is 13.2. The van der Waals surface area contributed by atoms with Crippen LogP contribution < -0.4 is 4.74 Å². The molecule has 0 aliphatic heterocycles. The highest BCUT2D eigenvalue weighted by Gasteiger charge is 2.30. The van der Waals surface area contributed by atoms with Gasteiger partial charge in [-0.15, -0.1) is 13.2 Å². The largest absolute Gasteiger partial charge is 0.573 e. The van der Waals surface area contributed by atoms with Crippen molar-refractivity contribution in [1.82, 2.24) is 9.97 Å². The van der Waals surface area contributed by atoms with Crippen molar-refractivity contribution < 1.29 is 17.9 Å². The highest BCUT2D eigenvalue weighted by atomic mass is 79.9. The lowest BCUT2D eigenvalue weighted by molar-refractivity contribution is -0.274. The summed E-state index contributed by atoms with van der Waals surface area (Å²) in [7, 11) is 0. The Morgan fingerprint density at radius 2 is 1.72 bits per heavy atom. The van der Waals surface area contributed by atoms with Crippen molar-refractivity contribution in [3.8, 4) is 17.1 Å². The molecule has 1 heterocycles. The summed E-state index contributed by atoms with van der Waals surface area (Å²) in [6, 6.07) is 7.01. The fourth-order valence-electron chi connectivity index (χ4n) is 1.28. The van der Waals surface area contributed by atoms with Crippen LogP contribution in [-0.4, -0.2) is 16.3 Å². The molecule has 94 valence electrons. The molecule has 0 aliphatic carbocycles. The molecular weight excluding hydrogens is 313 g/mol. The van der Waals surface area contributed by atoms with Crippen LogP contribution in [0.3, 0.4) is 0 Å². The van der Waals surface area contributed by atoms with E-state index in [2.05, 4.69) is 30.6 Å². The Kier molecular flexibility index (Phi) is 3.51. The van der Waals surface area contributed by atoms with E-state index in [-0.39, 0.29) is 5.75 Å². The van der Waals surface area contributed by atoms with Gasteiger partial charge in [-0.3, -0.25) is 0 Å². The normalized spacial score (nSPS) is 11.3. The van der Waals surface area contributed by atoms with E-state index >= 15 is 0 Å². The van der Waals surface area contributed by atoms with Crippen molar-refractivity contribution in [2.45, 2.75) is 6.36 Å². The fourth-order valence-corrected chi connectivity index (χ4v) is 1.57. The second kappa shape index (κ2) is 4.93. The maximum Gasteiger partial charge on any atom is 0.573 e. The number of nitrogens with zero attached hydrogens (tertiary/aromatic N) is 2. The van der Waals surface area contributed by atoms with Gasteiger partial charge in [0, 0.05) is 11.8 Å². The Morgan fingerprint density at radius 1 is 1.06 bits per heavy atom. The maximum atomic E-state index is 12.0. The van der Waals surface area contributed by atoms with Crippen molar-refractivity contribution in [2.75, 3.05) is 0 Å². The van der Waals surface area contributed by atoms with Crippen LogP contribution in [0.15, 0.2) is 41.1 Å². The van der Waals surface area contributed by atoms with Gasteiger partial charge in [0.1, 0.15) is 10.4 Å². The van der Waals surface area contributed by atoms with Crippen molar-refractivity contribution in [2.24, 2.45) is 0 Å². The summed E-state index contributed by atoms with van der Waals surface area (Å²) in [5.41, 5.74) is 0.603. The molecule has 0 fully saturated rings. The molecule has 0 amide bonds. The van der Waals surface area contributed by atoms with Crippen LogP contribution in [0.25, 0.3) is 11.4 Å². The monoisotopic (exact) mass is 318 g/mol. The van der Waals surface area contributed by atoms with Gasteiger partial charge in [0.2, 0.25) is 0 Å². The molecule has 0 radical (unpaired) electrons. The van der Waals surface area contributed by atoms with Crippen LogP contribution >= 0.6 is 15.9 Å². The van der Waals surface area contributed by atoms with Gasteiger partial charge < -0.3 is 4.74 Å². The molecular formula is C11H6BrF3N2O. The lowest BCUT2D eigenvalue weighted by atomic mass is 10.2. The number of ether oxygens (including phenoxy) is 1. The van der Waals surface area contributed by atoms with Gasteiger partial charge in [0.05, 0.1) is 0 Å². The third-order valence-corrected chi connectivity index (χ3v) is 2.41. The first-order valence-electron chi connectivity index (χ1n) is 4.79. The molecule has 0 unspecified atom stereocenters. The molecule has 0 saturated carbocycles. The second-order valence-electron chi connectivity index (χ2n) is 3.28. The third-order valence-electron chi connectivity index (χ3n) is 1.97. The van der Waals surface area contributed by atoms with Gasteiger partial charge in [0.25, 0.3) is 0 Å². The molecule has 2 aromatic rings. The average molecular weight is 319 g/mol. The Morgan fingerprint density at radius 3 is 2.28 bits per heavy atom. The first-order valence-corrected chi connectivity index (χ1v) is 5.58. The fraction of sp³-hybridized carbons (Fsp3) is 0.0909. The molecule has 7 heteroatoms. The smallest absolute Gasteiger partial charge is 0.406 e. The molecule has 0 atom stereocenters. The Balaban J connectivity index is 2.22. The van der Waals surface area contributed by atoms with Crippen molar-refractivity contribution >= 4 is 15.9 Å². The molecule has 1 aromatic carbocycles. The maximum absolute atomic E-state index is 12.0. The summed E-state index contributed by atoms with van der Waals surface area (Å²) < 4.78 is 40.3. The van der Waals surface area contributed by atoms with E-state index in [0.29, 0.717) is 16.0 Å². The minimum absolute atomic E-state index is 0.277. The van der Waals surface area contributed by atoms with Crippen LogP contribution in [-0.2, 0) is 0 Å². The molecule has 0 bridgehead atoms. The highest BCUT2D eigenvalue weighted by Crippen LogP contribution is 2.25. The van der Waals surface area contributed by atoms with E-state index in [1.54, 1.807) is 12.3 Å². The molecule has 2 rings (SSSR count). The third kappa shape index (κ3) is 3.43. The number of hydrogen-bond acceptors (Lipinski definition) is 3. The number of aromatic nitrogens is 2. The number of benzene rings is 1. The molecule has 0 aliphatic rings. The van der Waals surface area contributed by atoms with E-state index in [1.165, 1.54) is 24.3 Å². The van der Waals surface area contributed by atoms with Gasteiger partial charge in [-0.25, -0.2) is 9.97 Å². The lowest BCUT2D eigenvalue weighted by Crippen LogP contribution is -2.16. The SMILES string of the molecule is FC(F)(F)Oc1ccc(-c2nccc(Br)n2)cc1.